The molecule has 0 atom stereocenters. The highest BCUT2D eigenvalue weighted by atomic mass is 15.3. The van der Waals surface area contributed by atoms with Gasteiger partial charge in [-0.2, -0.15) is 0 Å². The lowest BCUT2D eigenvalue weighted by atomic mass is 10.4. The summed E-state index contributed by atoms with van der Waals surface area (Å²) < 4.78 is 2.02. The fraction of sp³-hybridized carbons (Fsp3) is 0.750. The molecule has 0 aromatic rings. The number of hydrogen-bond donors (Lipinski definition) is 0. The summed E-state index contributed by atoms with van der Waals surface area (Å²) in [5.74, 6) is 7.49. The van der Waals surface area contributed by atoms with Crippen LogP contribution >= 0.6 is 0 Å². The standard InChI is InChI=1S/C12H25N4/c1-13(2)11(14(3)4)9-10-12(15(5)6)16(7)8/h11H,1-8H3/q+1. The number of nitrogens with zero attached hydrogens (tertiary/aromatic N) is 4. The van der Waals surface area contributed by atoms with E-state index in [-0.39, 0.29) is 6.17 Å². The Morgan fingerprint density at radius 2 is 1.38 bits per heavy atom. The molecule has 0 spiro atoms. The summed E-state index contributed by atoms with van der Waals surface area (Å²) in [4.78, 5) is 6.21. The molecule has 0 aliphatic rings. The van der Waals surface area contributed by atoms with E-state index in [1.54, 1.807) is 0 Å². The molecule has 0 saturated carbocycles. The van der Waals surface area contributed by atoms with Crippen LogP contribution in [0.1, 0.15) is 0 Å². The van der Waals surface area contributed by atoms with Crippen LogP contribution in [0.4, 0.5) is 0 Å². The normalized spacial score (nSPS) is 10.4. The minimum atomic E-state index is 0.134. The molecule has 0 aromatic heterocycles. The van der Waals surface area contributed by atoms with Crippen molar-refractivity contribution >= 4 is 5.84 Å². The molecular formula is C12H25N4+. The molecule has 0 N–H and O–H groups in total. The molecule has 4 nitrogen and oxygen atoms in total. The first-order valence-corrected chi connectivity index (χ1v) is 5.33. The second-order valence-corrected chi connectivity index (χ2v) is 4.68. The first kappa shape index (κ1) is 14.9. The van der Waals surface area contributed by atoms with Crippen molar-refractivity contribution in [3.8, 4) is 11.8 Å². The molecular weight excluding hydrogens is 200 g/mol. The number of amidine groups is 1. The van der Waals surface area contributed by atoms with Crippen LogP contribution in [-0.4, -0.2) is 87.7 Å². The van der Waals surface area contributed by atoms with Gasteiger partial charge in [-0.25, -0.2) is 0 Å². The van der Waals surface area contributed by atoms with Crippen LogP contribution in [0.3, 0.4) is 0 Å². The third-order valence-electron chi connectivity index (χ3n) is 2.14. The van der Waals surface area contributed by atoms with Crippen molar-refractivity contribution in [2.45, 2.75) is 6.17 Å². The molecule has 92 valence electrons. The van der Waals surface area contributed by atoms with E-state index in [1.165, 1.54) is 0 Å². The van der Waals surface area contributed by atoms with Crippen molar-refractivity contribution in [3.63, 3.8) is 0 Å². The van der Waals surface area contributed by atoms with Crippen molar-refractivity contribution in [1.29, 1.82) is 0 Å². The highest BCUT2D eigenvalue weighted by molar-refractivity contribution is 5.94. The molecule has 0 unspecified atom stereocenters. The highest BCUT2D eigenvalue weighted by Crippen LogP contribution is 1.94. The van der Waals surface area contributed by atoms with Crippen molar-refractivity contribution in [2.75, 3.05) is 56.4 Å². The quantitative estimate of drug-likeness (QED) is 0.210. The van der Waals surface area contributed by atoms with E-state index in [0.717, 1.165) is 5.84 Å². The lowest BCUT2D eigenvalue weighted by Gasteiger charge is -2.25. The van der Waals surface area contributed by atoms with Crippen LogP contribution in [0, 0.1) is 11.8 Å². The van der Waals surface area contributed by atoms with Crippen molar-refractivity contribution < 1.29 is 4.58 Å². The van der Waals surface area contributed by atoms with Gasteiger partial charge in [0.2, 0.25) is 0 Å². The summed E-state index contributed by atoms with van der Waals surface area (Å²) in [6.45, 7) is 0. The van der Waals surface area contributed by atoms with Gasteiger partial charge in [0.1, 0.15) is 6.17 Å². The summed E-state index contributed by atoms with van der Waals surface area (Å²) in [7, 11) is 16.1. The Balaban J connectivity index is 5.00. The topological polar surface area (TPSA) is 12.7 Å². The zero-order valence-electron chi connectivity index (χ0n) is 11.9. The van der Waals surface area contributed by atoms with Crippen LogP contribution in [0.25, 0.3) is 0 Å². The maximum Gasteiger partial charge on any atom is 0.324 e. The molecule has 0 bridgehead atoms. The van der Waals surface area contributed by atoms with Gasteiger partial charge in [-0.15, -0.1) is 0 Å². The molecule has 0 heterocycles. The van der Waals surface area contributed by atoms with Crippen LogP contribution in [0.2, 0.25) is 0 Å². The Bertz CT molecular complexity index is 293. The SMILES string of the molecule is CN(C)C(C#CC(N(C)C)N(C)C)=[N+](C)C. The van der Waals surface area contributed by atoms with E-state index in [0.29, 0.717) is 0 Å². The lowest BCUT2D eigenvalue weighted by molar-refractivity contribution is -0.468. The van der Waals surface area contributed by atoms with Gasteiger partial charge in [0.05, 0.1) is 28.2 Å². The molecule has 0 fully saturated rings. The minimum Gasteiger partial charge on any atom is -0.284 e. The summed E-state index contributed by atoms with van der Waals surface area (Å²) in [5.41, 5.74) is 0. The highest BCUT2D eigenvalue weighted by Gasteiger charge is 2.12. The fourth-order valence-corrected chi connectivity index (χ4v) is 1.47. The summed E-state index contributed by atoms with van der Waals surface area (Å²) in [6.07, 6.45) is 0.134. The van der Waals surface area contributed by atoms with E-state index in [2.05, 4.69) is 21.6 Å². The molecule has 0 aromatic carbocycles. The maximum absolute atomic E-state index is 3.26. The molecule has 0 aliphatic heterocycles. The van der Waals surface area contributed by atoms with Crippen LogP contribution in [0.5, 0.6) is 0 Å². The Morgan fingerprint density at radius 3 is 1.62 bits per heavy atom. The summed E-state index contributed by atoms with van der Waals surface area (Å²) in [5, 5.41) is 0. The van der Waals surface area contributed by atoms with Crippen LogP contribution < -0.4 is 0 Å². The molecule has 0 aliphatic carbocycles. The Labute approximate surface area is 100 Å². The van der Waals surface area contributed by atoms with Crippen LogP contribution in [-0.2, 0) is 0 Å². The second-order valence-electron chi connectivity index (χ2n) is 4.68. The van der Waals surface area contributed by atoms with E-state index >= 15 is 0 Å². The zero-order valence-corrected chi connectivity index (χ0v) is 11.9. The van der Waals surface area contributed by atoms with E-state index in [1.807, 2.05) is 65.9 Å². The van der Waals surface area contributed by atoms with Gasteiger partial charge < -0.3 is 0 Å². The molecule has 0 saturated heterocycles. The molecule has 0 rings (SSSR count). The summed E-state index contributed by atoms with van der Waals surface area (Å²) in [6, 6.07) is 0. The van der Waals surface area contributed by atoms with Crippen molar-refractivity contribution in [3.05, 3.63) is 0 Å². The smallest absolute Gasteiger partial charge is 0.284 e. The summed E-state index contributed by atoms with van der Waals surface area (Å²) >= 11 is 0. The van der Waals surface area contributed by atoms with Crippen LogP contribution in [0.15, 0.2) is 0 Å². The zero-order chi connectivity index (χ0) is 12.9. The van der Waals surface area contributed by atoms with E-state index in [4.69, 9.17) is 0 Å². The Hall–Kier alpha value is -1.05. The molecule has 16 heavy (non-hydrogen) atoms. The molecule has 0 radical (unpaired) electrons. The van der Waals surface area contributed by atoms with Gasteiger partial charge in [0.15, 0.2) is 0 Å². The minimum absolute atomic E-state index is 0.134. The maximum atomic E-state index is 3.26. The largest absolute Gasteiger partial charge is 0.324 e. The second kappa shape index (κ2) is 6.51. The fourth-order valence-electron chi connectivity index (χ4n) is 1.47. The average Bonchev–Trinajstić information content (AvgIpc) is 2.09. The number of rotatable bonds is 2. The van der Waals surface area contributed by atoms with Gasteiger partial charge >= 0.3 is 5.84 Å². The van der Waals surface area contributed by atoms with Crippen molar-refractivity contribution in [2.24, 2.45) is 0 Å². The van der Waals surface area contributed by atoms with E-state index in [9.17, 15) is 0 Å². The van der Waals surface area contributed by atoms with Crippen molar-refractivity contribution in [1.82, 2.24) is 14.7 Å². The van der Waals surface area contributed by atoms with Gasteiger partial charge in [0.25, 0.3) is 0 Å². The number of hydrogen-bond acceptors (Lipinski definition) is 2. The third-order valence-corrected chi connectivity index (χ3v) is 2.14. The molecule has 4 heteroatoms. The first-order valence-electron chi connectivity index (χ1n) is 5.33. The van der Waals surface area contributed by atoms with Gasteiger partial charge in [0, 0.05) is 5.92 Å². The lowest BCUT2D eigenvalue weighted by Crippen LogP contribution is -2.39. The van der Waals surface area contributed by atoms with Gasteiger partial charge in [-0.3, -0.25) is 19.3 Å². The van der Waals surface area contributed by atoms with Gasteiger partial charge in [-0.05, 0) is 28.2 Å². The predicted octanol–water partition coefficient (Wildman–Crippen LogP) is -0.329. The van der Waals surface area contributed by atoms with E-state index < -0.39 is 0 Å². The monoisotopic (exact) mass is 225 g/mol. The average molecular weight is 225 g/mol. The Kier molecular flexibility index (Phi) is 6.09. The predicted molar refractivity (Wildman–Crippen MR) is 69.7 cm³/mol. The molecule has 0 amide bonds. The third kappa shape index (κ3) is 4.65. The Morgan fingerprint density at radius 1 is 0.938 bits per heavy atom. The van der Waals surface area contributed by atoms with Gasteiger partial charge in [-0.1, -0.05) is 5.92 Å². The first-order chi connectivity index (χ1) is 7.27.